The second-order valence-electron chi connectivity index (χ2n) is 8.75. The fraction of sp³-hybridized carbons (Fsp3) is 0.333. The molecule has 6 heteroatoms. The van der Waals surface area contributed by atoms with Crippen LogP contribution in [0, 0.1) is 13.8 Å². The Morgan fingerprint density at radius 2 is 1.55 bits per heavy atom. The Bertz CT molecular complexity index is 1050. The monoisotopic (exact) mass is 461 g/mol. The first-order chi connectivity index (χ1) is 16.0. The highest BCUT2D eigenvalue weighted by Gasteiger charge is 2.24. The Labute approximate surface area is 200 Å². The van der Waals surface area contributed by atoms with Gasteiger partial charge in [-0.05, 0) is 36.4 Å². The number of rotatable bonds is 7. The Kier molecular flexibility index (Phi) is 7.57. The molecule has 0 radical (unpaired) electrons. The first kappa shape index (κ1) is 23.2. The molecule has 1 saturated heterocycles. The van der Waals surface area contributed by atoms with Crippen molar-refractivity contribution < 1.29 is 9.59 Å². The molecule has 1 aliphatic rings. The predicted molar refractivity (Wildman–Crippen MR) is 133 cm³/mol. The number of aryl methyl sites for hydroxylation is 2. The number of nitrogens with one attached hydrogen (secondary N) is 1. The quantitative estimate of drug-likeness (QED) is 0.580. The van der Waals surface area contributed by atoms with Crippen molar-refractivity contribution in [3.8, 4) is 0 Å². The summed E-state index contributed by atoms with van der Waals surface area (Å²) in [6, 6.07) is 20.4. The first-order valence-corrected chi connectivity index (χ1v) is 12.3. The van der Waals surface area contributed by atoms with Gasteiger partial charge in [-0.25, -0.2) is 0 Å². The van der Waals surface area contributed by atoms with E-state index < -0.39 is 0 Å². The van der Waals surface area contributed by atoms with Crippen LogP contribution in [0.4, 0.5) is 0 Å². The minimum Gasteiger partial charge on any atom is -0.343 e. The molecule has 1 aromatic heterocycles. The lowest BCUT2D eigenvalue weighted by Crippen LogP contribution is -2.51. The SMILES string of the molecule is Cc1ccc(CC(=O)N2CCN(CC(=O)NC(c3ccc(C)cc3)c3cccs3)CC2)cc1. The van der Waals surface area contributed by atoms with Crippen molar-refractivity contribution in [2.24, 2.45) is 0 Å². The van der Waals surface area contributed by atoms with Gasteiger partial charge in [0.15, 0.2) is 0 Å². The lowest BCUT2D eigenvalue weighted by atomic mass is 10.0. The lowest BCUT2D eigenvalue weighted by Gasteiger charge is -2.34. The Hall–Kier alpha value is -2.96. The third-order valence-electron chi connectivity index (χ3n) is 6.11. The van der Waals surface area contributed by atoms with E-state index in [1.807, 2.05) is 47.5 Å². The number of amides is 2. The van der Waals surface area contributed by atoms with Crippen molar-refractivity contribution >= 4 is 23.2 Å². The van der Waals surface area contributed by atoms with Crippen molar-refractivity contribution in [3.05, 3.63) is 93.2 Å². The van der Waals surface area contributed by atoms with E-state index in [9.17, 15) is 9.59 Å². The van der Waals surface area contributed by atoms with Crippen LogP contribution in [0.3, 0.4) is 0 Å². The highest BCUT2D eigenvalue weighted by atomic mass is 32.1. The minimum absolute atomic E-state index is 0.00778. The third kappa shape index (κ3) is 6.30. The Morgan fingerprint density at radius 3 is 2.15 bits per heavy atom. The van der Waals surface area contributed by atoms with E-state index in [0.717, 1.165) is 16.0 Å². The van der Waals surface area contributed by atoms with E-state index in [1.165, 1.54) is 11.1 Å². The number of carbonyl (C=O) groups excluding carboxylic acids is 2. The minimum atomic E-state index is -0.143. The van der Waals surface area contributed by atoms with Crippen LogP contribution in [0.5, 0.6) is 0 Å². The largest absolute Gasteiger partial charge is 0.343 e. The Balaban J connectivity index is 1.29. The van der Waals surface area contributed by atoms with Gasteiger partial charge in [0.05, 0.1) is 19.0 Å². The highest BCUT2D eigenvalue weighted by Crippen LogP contribution is 2.26. The molecule has 1 fully saturated rings. The van der Waals surface area contributed by atoms with Gasteiger partial charge in [-0.15, -0.1) is 11.3 Å². The maximum absolute atomic E-state index is 12.9. The summed E-state index contributed by atoms with van der Waals surface area (Å²) in [4.78, 5) is 30.7. The first-order valence-electron chi connectivity index (χ1n) is 11.4. The number of thiophene rings is 1. The van der Waals surface area contributed by atoms with Crippen LogP contribution in [0.15, 0.2) is 66.0 Å². The molecular formula is C27H31N3O2S. The normalized spacial score (nSPS) is 15.3. The third-order valence-corrected chi connectivity index (χ3v) is 7.05. The number of hydrogen-bond acceptors (Lipinski definition) is 4. The van der Waals surface area contributed by atoms with Crippen LogP contribution in [-0.4, -0.2) is 54.3 Å². The summed E-state index contributed by atoms with van der Waals surface area (Å²) in [6.45, 7) is 7.18. The summed E-state index contributed by atoms with van der Waals surface area (Å²) in [5.41, 5.74) is 4.53. The van der Waals surface area contributed by atoms with Crippen molar-refractivity contribution in [3.63, 3.8) is 0 Å². The standard InChI is InChI=1S/C27H31N3O2S/c1-20-5-9-22(10-6-20)18-26(32)30-15-13-29(14-16-30)19-25(31)28-27(24-4-3-17-33-24)23-11-7-21(2)8-12-23/h3-12,17,27H,13-16,18-19H2,1-2H3,(H,28,31). The van der Waals surface area contributed by atoms with Gasteiger partial charge in [-0.3, -0.25) is 14.5 Å². The zero-order valence-electron chi connectivity index (χ0n) is 19.3. The maximum Gasteiger partial charge on any atom is 0.234 e. The van der Waals surface area contributed by atoms with E-state index in [0.29, 0.717) is 39.1 Å². The molecule has 33 heavy (non-hydrogen) atoms. The fourth-order valence-electron chi connectivity index (χ4n) is 4.09. The van der Waals surface area contributed by atoms with E-state index in [-0.39, 0.29) is 17.9 Å². The van der Waals surface area contributed by atoms with E-state index in [1.54, 1.807) is 11.3 Å². The molecule has 4 rings (SSSR count). The molecule has 5 nitrogen and oxygen atoms in total. The average Bonchev–Trinajstić information content (AvgIpc) is 3.35. The molecule has 1 N–H and O–H groups in total. The maximum atomic E-state index is 12.9. The van der Waals surface area contributed by atoms with E-state index in [4.69, 9.17) is 0 Å². The molecule has 0 spiro atoms. The summed E-state index contributed by atoms with van der Waals surface area (Å²) in [5, 5.41) is 5.26. The van der Waals surface area contributed by atoms with Crippen LogP contribution in [0.25, 0.3) is 0 Å². The molecule has 2 aromatic carbocycles. The van der Waals surface area contributed by atoms with E-state index >= 15 is 0 Å². The van der Waals surface area contributed by atoms with Crippen LogP contribution >= 0.6 is 11.3 Å². The summed E-state index contributed by atoms with van der Waals surface area (Å²) in [5.74, 6) is 0.161. The molecule has 2 amide bonds. The molecule has 1 unspecified atom stereocenters. The molecule has 0 bridgehead atoms. The number of benzene rings is 2. The van der Waals surface area contributed by atoms with Gasteiger partial charge in [-0.2, -0.15) is 0 Å². The van der Waals surface area contributed by atoms with Crippen LogP contribution < -0.4 is 5.32 Å². The number of carbonyl (C=O) groups is 2. The van der Waals surface area contributed by atoms with Crippen molar-refractivity contribution in [2.75, 3.05) is 32.7 Å². The van der Waals surface area contributed by atoms with Crippen LogP contribution in [-0.2, 0) is 16.0 Å². The second-order valence-corrected chi connectivity index (χ2v) is 9.73. The summed E-state index contributed by atoms with van der Waals surface area (Å²) in [6.07, 6.45) is 0.430. The summed E-state index contributed by atoms with van der Waals surface area (Å²) < 4.78 is 0. The van der Waals surface area contributed by atoms with E-state index in [2.05, 4.69) is 47.5 Å². The second kappa shape index (κ2) is 10.8. The molecule has 0 saturated carbocycles. The van der Waals surface area contributed by atoms with Gasteiger partial charge in [-0.1, -0.05) is 65.7 Å². The van der Waals surface area contributed by atoms with Gasteiger partial charge < -0.3 is 10.2 Å². The van der Waals surface area contributed by atoms with Gasteiger partial charge in [0.1, 0.15) is 0 Å². The predicted octanol–water partition coefficient (Wildman–Crippen LogP) is 3.96. The summed E-state index contributed by atoms with van der Waals surface area (Å²) in [7, 11) is 0. The number of hydrogen-bond donors (Lipinski definition) is 1. The highest BCUT2D eigenvalue weighted by molar-refractivity contribution is 7.10. The molecule has 3 aromatic rings. The molecule has 0 aliphatic carbocycles. The number of nitrogens with zero attached hydrogens (tertiary/aromatic N) is 2. The van der Waals surface area contributed by atoms with Gasteiger partial charge in [0, 0.05) is 31.1 Å². The van der Waals surface area contributed by atoms with Crippen molar-refractivity contribution in [1.29, 1.82) is 0 Å². The van der Waals surface area contributed by atoms with Gasteiger partial charge >= 0.3 is 0 Å². The summed E-state index contributed by atoms with van der Waals surface area (Å²) >= 11 is 1.65. The Morgan fingerprint density at radius 1 is 0.909 bits per heavy atom. The molecule has 2 heterocycles. The fourth-order valence-corrected chi connectivity index (χ4v) is 4.89. The zero-order valence-corrected chi connectivity index (χ0v) is 20.1. The van der Waals surface area contributed by atoms with Gasteiger partial charge in [0.25, 0.3) is 0 Å². The molecular weight excluding hydrogens is 430 g/mol. The van der Waals surface area contributed by atoms with Gasteiger partial charge in [0.2, 0.25) is 11.8 Å². The van der Waals surface area contributed by atoms with Crippen LogP contribution in [0.2, 0.25) is 0 Å². The molecule has 172 valence electrons. The van der Waals surface area contributed by atoms with Crippen molar-refractivity contribution in [1.82, 2.24) is 15.1 Å². The van der Waals surface area contributed by atoms with Crippen LogP contribution in [0.1, 0.15) is 33.2 Å². The average molecular weight is 462 g/mol. The molecule has 1 atom stereocenters. The lowest BCUT2D eigenvalue weighted by molar-refractivity contribution is -0.132. The topological polar surface area (TPSA) is 52.7 Å². The smallest absolute Gasteiger partial charge is 0.234 e. The zero-order chi connectivity index (χ0) is 23.2. The van der Waals surface area contributed by atoms with Crippen molar-refractivity contribution in [2.45, 2.75) is 26.3 Å². The molecule has 1 aliphatic heterocycles. The number of piperazine rings is 1.